The molecular weight excluding hydrogens is 330 g/mol. The van der Waals surface area contributed by atoms with Crippen LogP contribution in [0.4, 0.5) is 0 Å². The summed E-state index contributed by atoms with van der Waals surface area (Å²) in [6.45, 7) is 0.363. The zero-order chi connectivity index (χ0) is 18.4. The average molecular weight is 353 g/mol. The second-order valence-electron chi connectivity index (χ2n) is 5.56. The van der Waals surface area contributed by atoms with E-state index in [1.54, 1.807) is 13.2 Å². The number of hydrogen-bond acceptors (Lipinski definition) is 6. The normalized spacial score (nSPS) is 19.3. The molecular formula is C17H23NO7. The van der Waals surface area contributed by atoms with Gasteiger partial charge in [-0.25, -0.2) is 4.79 Å². The number of methoxy groups -OCH3 is 3. The summed E-state index contributed by atoms with van der Waals surface area (Å²) in [6, 6.07) is 3.62. The fourth-order valence-corrected chi connectivity index (χ4v) is 2.81. The summed E-state index contributed by atoms with van der Waals surface area (Å²) in [5, 5.41) is 11.7. The summed E-state index contributed by atoms with van der Waals surface area (Å²) in [7, 11) is 4.61. The van der Waals surface area contributed by atoms with Gasteiger partial charge in [0.05, 0.1) is 21.3 Å². The molecule has 1 saturated heterocycles. The molecule has 1 amide bonds. The van der Waals surface area contributed by atoms with Gasteiger partial charge < -0.3 is 29.4 Å². The Kier molecular flexibility index (Phi) is 6.46. The Bertz CT molecular complexity index is 632. The molecule has 0 saturated carbocycles. The average Bonchev–Trinajstić information content (AvgIpc) is 3.11. The van der Waals surface area contributed by atoms with E-state index in [2.05, 4.69) is 5.32 Å². The number of carboxylic acid groups (broad SMARTS) is 1. The molecule has 0 spiro atoms. The smallest absolute Gasteiger partial charge is 0.332 e. The number of amides is 1. The fraction of sp³-hybridized carbons (Fsp3) is 0.529. The Labute approximate surface area is 146 Å². The molecule has 0 radical (unpaired) electrons. The van der Waals surface area contributed by atoms with Gasteiger partial charge in [-0.05, 0) is 25.3 Å². The number of benzene rings is 1. The molecule has 25 heavy (non-hydrogen) atoms. The van der Waals surface area contributed by atoms with Crippen molar-refractivity contribution in [2.45, 2.75) is 31.5 Å². The molecule has 1 heterocycles. The van der Waals surface area contributed by atoms with Crippen LogP contribution in [0.15, 0.2) is 12.1 Å². The molecule has 1 aliphatic rings. The predicted molar refractivity (Wildman–Crippen MR) is 88.3 cm³/mol. The summed E-state index contributed by atoms with van der Waals surface area (Å²) in [6.07, 6.45) is -0.348. The van der Waals surface area contributed by atoms with E-state index in [1.807, 2.05) is 6.07 Å². The van der Waals surface area contributed by atoms with Crippen LogP contribution < -0.4 is 19.5 Å². The Morgan fingerprint density at radius 3 is 2.36 bits per heavy atom. The van der Waals surface area contributed by atoms with Crippen LogP contribution in [0.3, 0.4) is 0 Å². The SMILES string of the molecule is COc1ccc(CCNC(=O)[C@@H]2CC[C@H](C(=O)O)O2)c(OC)c1OC. The van der Waals surface area contributed by atoms with Gasteiger partial charge in [0.15, 0.2) is 17.6 Å². The van der Waals surface area contributed by atoms with Crippen molar-refractivity contribution >= 4 is 11.9 Å². The van der Waals surface area contributed by atoms with Gasteiger partial charge in [0.25, 0.3) is 0 Å². The molecule has 2 atom stereocenters. The summed E-state index contributed by atoms with van der Waals surface area (Å²) >= 11 is 0. The number of carboxylic acids is 1. The number of aliphatic carboxylic acids is 1. The van der Waals surface area contributed by atoms with Crippen LogP contribution in [0.25, 0.3) is 0 Å². The lowest BCUT2D eigenvalue weighted by Crippen LogP contribution is -2.36. The number of rotatable bonds is 8. The highest BCUT2D eigenvalue weighted by molar-refractivity contribution is 5.82. The Morgan fingerprint density at radius 1 is 1.12 bits per heavy atom. The van der Waals surface area contributed by atoms with Crippen molar-refractivity contribution in [1.29, 1.82) is 0 Å². The van der Waals surface area contributed by atoms with Crippen molar-refractivity contribution < 1.29 is 33.6 Å². The predicted octanol–water partition coefficient (Wildman–Crippen LogP) is 1.00. The van der Waals surface area contributed by atoms with Gasteiger partial charge in [0.2, 0.25) is 11.7 Å². The third-order valence-electron chi connectivity index (χ3n) is 4.07. The number of carbonyl (C=O) groups excluding carboxylic acids is 1. The summed E-state index contributed by atoms with van der Waals surface area (Å²) in [4.78, 5) is 22.9. The van der Waals surface area contributed by atoms with E-state index < -0.39 is 18.2 Å². The minimum Gasteiger partial charge on any atom is -0.493 e. The maximum atomic E-state index is 12.1. The zero-order valence-electron chi connectivity index (χ0n) is 14.5. The highest BCUT2D eigenvalue weighted by atomic mass is 16.5. The third kappa shape index (κ3) is 4.33. The van der Waals surface area contributed by atoms with Crippen LogP contribution >= 0.6 is 0 Å². The van der Waals surface area contributed by atoms with E-state index >= 15 is 0 Å². The van der Waals surface area contributed by atoms with Crippen LogP contribution in [0.5, 0.6) is 17.2 Å². The Morgan fingerprint density at radius 2 is 1.80 bits per heavy atom. The highest BCUT2D eigenvalue weighted by Crippen LogP contribution is 2.39. The van der Waals surface area contributed by atoms with E-state index in [4.69, 9.17) is 24.1 Å². The number of nitrogens with one attached hydrogen (secondary N) is 1. The molecule has 2 rings (SSSR count). The first-order chi connectivity index (χ1) is 12.0. The number of hydrogen-bond donors (Lipinski definition) is 2. The van der Waals surface area contributed by atoms with E-state index in [0.717, 1.165) is 5.56 Å². The maximum absolute atomic E-state index is 12.1. The standard InChI is InChI=1S/C17H23NO7/c1-22-11-5-4-10(14(23-2)15(11)24-3)8-9-18-16(19)12-6-7-13(25-12)17(20)21/h4-5,12-13H,6-9H2,1-3H3,(H,18,19)(H,20,21)/t12-,13+/m0/s1. The minimum atomic E-state index is -1.04. The van der Waals surface area contributed by atoms with E-state index in [9.17, 15) is 9.59 Å². The highest BCUT2D eigenvalue weighted by Gasteiger charge is 2.34. The molecule has 0 aliphatic carbocycles. The summed E-state index contributed by atoms with van der Waals surface area (Å²) in [5.74, 6) is 0.274. The molecule has 0 bridgehead atoms. The topological polar surface area (TPSA) is 103 Å². The second-order valence-corrected chi connectivity index (χ2v) is 5.56. The monoisotopic (exact) mass is 353 g/mol. The molecule has 1 aromatic rings. The van der Waals surface area contributed by atoms with Crippen molar-refractivity contribution in [3.05, 3.63) is 17.7 Å². The van der Waals surface area contributed by atoms with Crippen LogP contribution in [0, 0.1) is 0 Å². The Hall–Kier alpha value is -2.48. The van der Waals surface area contributed by atoms with Crippen molar-refractivity contribution in [3.63, 3.8) is 0 Å². The molecule has 8 heteroatoms. The molecule has 1 fully saturated rings. The van der Waals surface area contributed by atoms with Crippen LogP contribution in [-0.4, -0.2) is 57.1 Å². The summed E-state index contributed by atoms with van der Waals surface area (Å²) in [5.41, 5.74) is 0.858. The van der Waals surface area contributed by atoms with E-state index in [1.165, 1.54) is 14.2 Å². The summed E-state index contributed by atoms with van der Waals surface area (Å²) < 4.78 is 21.2. The fourth-order valence-electron chi connectivity index (χ4n) is 2.81. The van der Waals surface area contributed by atoms with Gasteiger partial charge in [-0.2, -0.15) is 0 Å². The maximum Gasteiger partial charge on any atom is 0.332 e. The van der Waals surface area contributed by atoms with Crippen molar-refractivity contribution in [3.8, 4) is 17.2 Å². The lowest BCUT2D eigenvalue weighted by molar-refractivity contribution is -0.151. The first-order valence-electron chi connectivity index (χ1n) is 7.95. The van der Waals surface area contributed by atoms with Gasteiger partial charge >= 0.3 is 5.97 Å². The van der Waals surface area contributed by atoms with Gasteiger partial charge in [-0.3, -0.25) is 4.79 Å². The molecule has 0 aromatic heterocycles. The van der Waals surface area contributed by atoms with Crippen LogP contribution in [0.1, 0.15) is 18.4 Å². The van der Waals surface area contributed by atoms with Gasteiger partial charge in [-0.15, -0.1) is 0 Å². The van der Waals surface area contributed by atoms with Crippen LogP contribution in [-0.2, 0) is 20.7 Å². The van der Waals surface area contributed by atoms with Gasteiger partial charge in [0.1, 0.15) is 6.10 Å². The molecule has 2 N–H and O–H groups in total. The molecule has 138 valence electrons. The lowest BCUT2D eigenvalue weighted by Gasteiger charge is -2.16. The van der Waals surface area contributed by atoms with Crippen molar-refractivity contribution in [1.82, 2.24) is 5.32 Å². The van der Waals surface area contributed by atoms with Crippen LogP contribution in [0.2, 0.25) is 0 Å². The first kappa shape index (κ1) is 18.9. The zero-order valence-corrected chi connectivity index (χ0v) is 14.5. The second kappa shape index (κ2) is 8.57. The lowest BCUT2D eigenvalue weighted by atomic mass is 10.1. The number of ether oxygens (including phenoxy) is 4. The third-order valence-corrected chi connectivity index (χ3v) is 4.07. The molecule has 8 nitrogen and oxygen atoms in total. The molecule has 1 aromatic carbocycles. The van der Waals surface area contributed by atoms with E-state index in [0.29, 0.717) is 43.1 Å². The largest absolute Gasteiger partial charge is 0.493 e. The van der Waals surface area contributed by atoms with E-state index in [-0.39, 0.29) is 5.91 Å². The first-order valence-corrected chi connectivity index (χ1v) is 7.95. The molecule has 1 aliphatic heterocycles. The van der Waals surface area contributed by atoms with Crippen molar-refractivity contribution in [2.75, 3.05) is 27.9 Å². The Balaban J connectivity index is 1.93. The quantitative estimate of drug-likeness (QED) is 0.719. The molecule has 0 unspecified atom stereocenters. The number of carbonyl (C=O) groups is 2. The van der Waals surface area contributed by atoms with Gasteiger partial charge in [0, 0.05) is 12.1 Å². The van der Waals surface area contributed by atoms with Crippen molar-refractivity contribution in [2.24, 2.45) is 0 Å². The van der Waals surface area contributed by atoms with Gasteiger partial charge in [-0.1, -0.05) is 6.07 Å². The minimum absolute atomic E-state index is 0.303.